The fourth-order valence-corrected chi connectivity index (χ4v) is 5.87. The van der Waals surface area contributed by atoms with Crippen LogP contribution in [0.3, 0.4) is 0 Å². The average molecular weight is 519 g/mol. The number of fused-ring (bicyclic) bond motifs is 2. The number of para-hydroxylation sites is 2. The fourth-order valence-electron chi connectivity index (χ4n) is 5.87. The highest BCUT2D eigenvalue weighted by atomic mass is 16.5. The Kier molecular flexibility index (Phi) is 6.67. The van der Waals surface area contributed by atoms with E-state index in [9.17, 15) is 0 Å². The predicted molar refractivity (Wildman–Crippen MR) is 171 cm³/mol. The van der Waals surface area contributed by atoms with Gasteiger partial charge in [0.25, 0.3) is 0 Å². The zero-order valence-corrected chi connectivity index (χ0v) is 22.8. The van der Waals surface area contributed by atoms with E-state index in [-0.39, 0.29) is 0 Å². The molecule has 0 amide bonds. The van der Waals surface area contributed by atoms with Gasteiger partial charge in [-0.05, 0) is 79.2 Å². The lowest BCUT2D eigenvalue weighted by atomic mass is 9.81. The molecular weight excluding hydrogens is 488 g/mol. The van der Waals surface area contributed by atoms with Crippen LogP contribution in [0.4, 0.5) is 0 Å². The topological polar surface area (TPSA) is 18.5 Å². The van der Waals surface area contributed by atoms with Crippen LogP contribution >= 0.6 is 0 Å². The molecular formula is C38H30O2. The van der Waals surface area contributed by atoms with Crippen LogP contribution in [0, 0.1) is 0 Å². The number of benzene rings is 6. The Hall–Kier alpha value is -5.08. The van der Waals surface area contributed by atoms with Gasteiger partial charge in [-0.15, -0.1) is 0 Å². The summed E-state index contributed by atoms with van der Waals surface area (Å²) in [5, 5.41) is 4.60. The third kappa shape index (κ3) is 4.06. The van der Waals surface area contributed by atoms with E-state index in [4.69, 9.17) is 9.47 Å². The van der Waals surface area contributed by atoms with Crippen molar-refractivity contribution < 1.29 is 9.47 Å². The van der Waals surface area contributed by atoms with Crippen molar-refractivity contribution in [2.45, 2.75) is 0 Å². The third-order valence-electron chi connectivity index (χ3n) is 7.63. The molecule has 40 heavy (non-hydrogen) atoms. The maximum atomic E-state index is 5.81. The van der Waals surface area contributed by atoms with E-state index < -0.39 is 0 Å². The van der Waals surface area contributed by atoms with Crippen LogP contribution < -0.4 is 9.47 Å². The molecule has 0 saturated heterocycles. The van der Waals surface area contributed by atoms with Crippen LogP contribution in [0.1, 0.15) is 11.1 Å². The maximum Gasteiger partial charge on any atom is 0.126 e. The van der Waals surface area contributed by atoms with Crippen molar-refractivity contribution in [2.75, 3.05) is 14.2 Å². The highest BCUT2D eigenvalue weighted by Crippen LogP contribution is 2.48. The van der Waals surface area contributed by atoms with Gasteiger partial charge in [-0.1, -0.05) is 110 Å². The Balaban J connectivity index is 1.84. The first-order valence-corrected chi connectivity index (χ1v) is 13.3. The molecule has 0 fully saturated rings. The van der Waals surface area contributed by atoms with E-state index >= 15 is 0 Å². The third-order valence-corrected chi connectivity index (χ3v) is 7.63. The summed E-state index contributed by atoms with van der Waals surface area (Å²) in [7, 11) is 3.43. The minimum atomic E-state index is 0.823. The van der Waals surface area contributed by atoms with Crippen LogP contribution in [0.5, 0.6) is 11.5 Å². The van der Waals surface area contributed by atoms with Gasteiger partial charge in [0, 0.05) is 11.1 Å². The van der Waals surface area contributed by atoms with Crippen molar-refractivity contribution in [2.24, 2.45) is 0 Å². The largest absolute Gasteiger partial charge is 0.496 e. The maximum absolute atomic E-state index is 5.81. The Morgan fingerprint density at radius 3 is 1.25 bits per heavy atom. The summed E-state index contributed by atoms with van der Waals surface area (Å²) in [5.74, 6) is 1.65. The predicted octanol–water partition coefficient (Wildman–Crippen LogP) is 10.3. The first-order chi connectivity index (χ1) is 19.7. The molecule has 0 heterocycles. The summed E-state index contributed by atoms with van der Waals surface area (Å²) in [5.41, 5.74) is 8.54. The number of ether oxygens (including phenoxy) is 2. The molecule has 0 aromatic heterocycles. The Bertz CT molecular complexity index is 1770. The summed E-state index contributed by atoms with van der Waals surface area (Å²) in [6.07, 6.45) is 3.95. The van der Waals surface area contributed by atoms with Crippen LogP contribution in [0.25, 0.3) is 67.1 Å². The van der Waals surface area contributed by atoms with Gasteiger partial charge in [0.05, 0.1) is 14.2 Å². The van der Waals surface area contributed by atoms with Crippen molar-refractivity contribution in [3.63, 3.8) is 0 Å². The monoisotopic (exact) mass is 518 g/mol. The van der Waals surface area contributed by atoms with Crippen molar-refractivity contribution in [3.8, 4) is 44.9 Å². The summed E-state index contributed by atoms with van der Waals surface area (Å²) < 4.78 is 11.6. The van der Waals surface area contributed by atoms with E-state index in [2.05, 4.69) is 86.0 Å². The summed E-state index contributed by atoms with van der Waals surface area (Å²) in [6, 6.07) is 37.9. The molecule has 6 aromatic carbocycles. The molecule has 0 atom stereocenters. The molecule has 0 saturated carbocycles. The van der Waals surface area contributed by atoms with E-state index in [1.165, 1.54) is 0 Å². The van der Waals surface area contributed by atoms with Crippen molar-refractivity contribution in [1.29, 1.82) is 0 Å². The molecule has 0 radical (unpaired) electrons. The van der Waals surface area contributed by atoms with Gasteiger partial charge >= 0.3 is 0 Å². The van der Waals surface area contributed by atoms with Gasteiger partial charge in [0.2, 0.25) is 0 Å². The first-order valence-electron chi connectivity index (χ1n) is 13.3. The molecule has 2 heteroatoms. The van der Waals surface area contributed by atoms with Crippen LogP contribution in [-0.4, -0.2) is 14.2 Å². The van der Waals surface area contributed by atoms with Gasteiger partial charge in [-0.2, -0.15) is 0 Å². The van der Waals surface area contributed by atoms with E-state index in [1.54, 1.807) is 14.2 Å². The second-order valence-electron chi connectivity index (χ2n) is 9.68. The Morgan fingerprint density at radius 1 is 0.475 bits per heavy atom. The molecule has 0 unspecified atom stereocenters. The van der Waals surface area contributed by atoms with Gasteiger partial charge in [0.1, 0.15) is 11.5 Å². The Labute approximate surface area is 235 Å². The molecule has 2 nitrogen and oxygen atoms in total. The van der Waals surface area contributed by atoms with Gasteiger partial charge in [-0.3, -0.25) is 0 Å². The smallest absolute Gasteiger partial charge is 0.126 e. The normalized spacial score (nSPS) is 10.9. The highest BCUT2D eigenvalue weighted by molar-refractivity contribution is 6.15. The SMILES string of the molecule is C=Cc1c(-c2ccccc2OC)cc2ccccc2c1-c1c(C=C)c(-c2ccccc2OC)cc2ccccc12. The number of methoxy groups -OCH3 is 2. The standard InChI is InChI=1S/C38H30O2/c1-5-27-33(31-19-11-13-21-35(31)39-3)23-25-15-7-9-17-29(25)37(27)38-28(6-2)34(24-26-16-8-10-18-30(26)38)32-20-12-14-22-36(32)40-4/h5-24H,1-2H2,3-4H3. The minimum Gasteiger partial charge on any atom is -0.496 e. The summed E-state index contributed by atoms with van der Waals surface area (Å²) >= 11 is 0. The van der Waals surface area contributed by atoms with Gasteiger partial charge < -0.3 is 9.47 Å². The molecule has 0 aliphatic rings. The average Bonchev–Trinajstić information content (AvgIpc) is 3.02. The zero-order chi connectivity index (χ0) is 27.6. The van der Waals surface area contributed by atoms with E-state index in [1.807, 2.05) is 48.6 Å². The second kappa shape index (κ2) is 10.6. The van der Waals surface area contributed by atoms with Crippen LogP contribution in [0.15, 0.2) is 122 Å². The van der Waals surface area contributed by atoms with Crippen molar-refractivity contribution in [1.82, 2.24) is 0 Å². The number of hydrogen-bond donors (Lipinski definition) is 0. The molecule has 6 aromatic rings. The zero-order valence-electron chi connectivity index (χ0n) is 22.8. The van der Waals surface area contributed by atoms with Gasteiger partial charge in [0.15, 0.2) is 0 Å². The molecule has 0 aliphatic heterocycles. The van der Waals surface area contributed by atoms with Gasteiger partial charge in [-0.25, -0.2) is 0 Å². The van der Waals surface area contributed by atoms with Crippen LogP contribution in [0.2, 0.25) is 0 Å². The van der Waals surface area contributed by atoms with Crippen molar-refractivity contribution in [3.05, 3.63) is 133 Å². The summed E-state index contributed by atoms with van der Waals surface area (Å²) in [4.78, 5) is 0. The highest BCUT2D eigenvalue weighted by Gasteiger charge is 2.22. The minimum absolute atomic E-state index is 0.823. The summed E-state index contributed by atoms with van der Waals surface area (Å²) in [6.45, 7) is 8.64. The lowest BCUT2D eigenvalue weighted by Crippen LogP contribution is -1.98. The first kappa shape index (κ1) is 25.2. The molecule has 6 rings (SSSR count). The second-order valence-corrected chi connectivity index (χ2v) is 9.68. The van der Waals surface area contributed by atoms with Crippen molar-refractivity contribution >= 4 is 33.7 Å². The quantitative estimate of drug-likeness (QED) is 0.209. The molecule has 194 valence electrons. The lowest BCUT2D eigenvalue weighted by molar-refractivity contribution is 0.416. The molecule has 0 bridgehead atoms. The van der Waals surface area contributed by atoms with Crippen LogP contribution in [-0.2, 0) is 0 Å². The number of rotatable bonds is 7. The molecule has 0 aliphatic carbocycles. The van der Waals surface area contributed by atoms with E-state index in [0.29, 0.717) is 0 Å². The van der Waals surface area contributed by atoms with E-state index in [0.717, 1.165) is 77.6 Å². The fraction of sp³-hybridized carbons (Fsp3) is 0.0526. The molecule has 0 N–H and O–H groups in total. The Morgan fingerprint density at radius 2 is 0.850 bits per heavy atom. The number of hydrogen-bond acceptors (Lipinski definition) is 2. The molecule has 0 spiro atoms. The lowest BCUT2D eigenvalue weighted by Gasteiger charge is -2.23.